The molecular weight excluding hydrogens is 168 g/mol. The maximum Gasteiger partial charge on any atom is 0.276 e. The summed E-state index contributed by atoms with van der Waals surface area (Å²) in [6.45, 7) is 2.06. The van der Waals surface area contributed by atoms with E-state index < -0.39 is 0 Å². The van der Waals surface area contributed by atoms with Gasteiger partial charge in [0, 0.05) is 6.42 Å². The molecule has 0 saturated carbocycles. The maximum absolute atomic E-state index is 11.2. The minimum Gasteiger partial charge on any atom is -0.310 e. The van der Waals surface area contributed by atoms with Gasteiger partial charge in [-0.3, -0.25) is 4.79 Å². The van der Waals surface area contributed by atoms with Crippen LogP contribution in [0, 0.1) is 0 Å². The van der Waals surface area contributed by atoms with Crippen molar-refractivity contribution in [2.75, 3.05) is 0 Å². The lowest BCUT2D eigenvalue weighted by atomic mass is 10.3. The summed E-state index contributed by atoms with van der Waals surface area (Å²) < 4.78 is 1.59. The van der Waals surface area contributed by atoms with Crippen LogP contribution < -0.4 is 5.56 Å². The molecule has 0 radical (unpaired) electrons. The van der Waals surface area contributed by atoms with Gasteiger partial charge in [0.2, 0.25) is 0 Å². The number of aromatic amines is 1. The molecule has 5 nitrogen and oxygen atoms in total. The van der Waals surface area contributed by atoms with Crippen molar-refractivity contribution in [3.63, 3.8) is 0 Å². The summed E-state index contributed by atoms with van der Waals surface area (Å²) in [4.78, 5) is 17.9. The molecule has 0 spiro atoms. The summed E-state index contributed by atoms with van der Waals surface area (Å²) in [6, 6.07) is 0. The zero-order valence-corrected chi connectivity index (χ0v) is 7.32. The average molecular weight is 178 g/mol. The van der Waals surface area contributed by atoms with Crippen LogP contribution in [-0.2, 0) is 6.42 Å². The van der Waals surface area contributed by atoms with Crippen LogP contribution in [0.5, 0.6) is 0 Å². The molecule has 13 heavy (non-hydrogen) atoms. The standard InChI is InChI=1S/C8H10N4O/c1-2-3-7-9-4-6-8(13)10-5-11-12(6)7/h4-5H,2-3H2,1H3,(H,10,11,13). The number of hydrogen-bond donors (Lipinski definition) is 1. The van der Waals surface area contributed by atoms with Crippen LogP contribution in [0.1, 0.15) is 19.2 Å². The molecule has 0 atom stereocenters. The molecule has 0 bridgehead atoms. The molecule has 5 heteroatoms. The number of H-pyrrole nitrogens is 1. The van der Waals surface area contributed by atoms with Gasteiger partial charge in [0.1, 0.15) is 12.2 Å². The second-order valence-corrected chi connectivity index (χ2v) is 2.84. The molecule has 2 aromatic heterocycles. The molecule has 0 aliphatic heterocycles. The SMILES string of the molecule is CCCc1ncc2c(=O)[nH]cnn12. The molecule has 0 amide bonds. The molecule has 0 saturated heterocycles. The van der Waals surface area contributed by atoms with Crippen LogP contribution in [0.4, 0.5) is 0 Å². The third kappa shape index (κ3) is 1.22. The lowest BCUT2D eigenvalue weighted by Crippen LogP contribution is -2.11. The molecule has 68 valence electrons. The van der Waals surface area contributed by atoms with E-state index in [2.05, 4.69) is 22.0 Å². The molecule has 0 fully saturated rings. The summed E-state index contributed by atoms with van der Waals surface area (Å²) in [5, 5.41) is 4.02. The summed E-state index contributed by atoms with van der Waals surface area (Å²) in [5.74, 6) is 0.837. The number of fused-ring (bicyclic) bond motifs is 1. The lowest BCUT2D eigenvalue weighted by Gasteiger charge is -1.95. The van der Waals surface area contributed by atoms with Crippen molar-refractivity contribution in [3.8, 4) is 0 Å². The molecule has 2 heterocycles. The van der Waals surface area contributed by atoms with Gasteiger partial charge in [-0.15, -0.1) is 0 Å². The minimum absolute atomic E-state index is 0.148. The monoisotopic (exact) mass is 178 g/mol. The number of hydrogen-bond acceptors (Lipinski definition) is 3. The van der Waals surface area contributed by atoms with Crippen LogP contribution >= 0.6 is 0 Å². The highest BCUT2D eigenvalue weighted by molar-refractivity contribution is 5.41. The predicted octanol–water partition coefficient (Wildman–Crippen LogP) is 0.370. The first kappa shape index (κ1) is 7.97. The molecule has 1 N–H and O–H groups in total. The van der Waals surface area contributed by atoms with Crippen molar-refractivity contribution in [1.29, 1.82) is 0 Å². The van der Waals surface area contributed by atoms with Gasteiger partial charge in [-0.2, -0.15) is 5.10 Å². The van der Waals surface area contributed by atoms with E-state index in [9.17, 15) is 4.79 Å². The van der Waals surface area contributed by atoms with Crippen LogP contribution in [0.15, 0.2) is 17.3 Å². The Bertz CT molecular complexity index is 470. The Morgan fingerprint density at radius 3 is 3.23 bits per heavy atom. The normalized spacial score (nSPS) is 10.8. The first-order valence-corrected chi connectivity index (χ1v) is 4.23. The fourth-order valence-corrected chi connectivity index (χ4v) is 1.28. The summed E-state index contributed by atoms with van der Waals surface area (Å²) in [5.41, 5.74) is 0.357. The quantitative estimate of drug-likeness (QED) is 0.722. The summed E-state index contributed by atoms with van der Waals surface area (Å²) in [6.07, 6.45) is 4.77. The first-order chi connectivity index (χ1) is 6.33. The second-order valence-electron chi connectivity index (χ2n) is 2.84. The molecule has 2 aromatic rings. The molecular formula is C8H10N4O. The van der Waals surface area contributed by atoms with Gasteiger partial charge in [-0.1, -0.05) is 6.92 Å². The summed E-state index contributed by atoms with van der Waals surface area (Å²) >= 11 is 0. The number of aryl methyl sites for hydroxylation is 1. The lowest BCUT2D eigenvalue weighted by molar-refractivity contribution is 0.762. The van der Waals surface area contributed by atoms with E-state index in [4.69, 9.17) is 0 Å². The number of nitrogens with one attached hydrogen (secondary N) is 1. The smallest absolute Gasteiger partial charge is 0.276 e. The highest BCUT2D eigenvalue weighted by Gasteiger charge is 2.04. The van der Waals surface area contributed by atoms with Crippen molar-refractivity contribution in [1.82, 2.24) is 19.6 Å². The van der Waals surface area contributed by atoms with E-state index >= 15 is 0 Å². The minimum atomic E-state index is -0.148. The molecule has 0 aromatic carbocycles. The van der Waals surface area contributed by atoms with Crippen LogP contribution in [0.2, 0.25) is 0 Å². The Balaban J connectivity index is 2.68. The van der Waals surface area contributed by atoms with Crippen LogP contribution in [-0.4, -0.2) is 19.6 Å². The first-order valence-electron chi connectivity index (χ1n) is 4.23. The Kier molecular flexibility index (Phi) is 1.84. The maximum atomic E-state index is 11.2. The molecule has 2 rings (SSSR count). The van der Waals surface area contributed by atoms with Gasteiger partial charge >= 0.3 is 0 Å². The zero-order chi connectivity index (χ0) is 9.26. The van der Waals surface area contributed by atoms with E-state index in [0.717, 1.165) is 18.7 Å². The van der Waals surface area contributed by atoms with Gasteiger partial charge in [-0.05, 0) is 6.42 Å². The predicted molar refractivity (Wildman–Crippen MR) is 47.6 cm³/mol. The average Bonchev–Trinajstić information content (AvgIpc) is 2.51. The van der Waals surface area contributed by atoms with Gasteiger partial charge in [0.25, 0.3) is 5.56 Å². The van der Waals surface area contributed by atoms with Crippen LogP contribution in [0.3, 0.4) is 0 Å². The Hall–Kier alpha value is -1.65. The summed E-state index contributed by atoms with van der Waals surface area (Å²) in [7, 11) is 0. The van der Waals surface area contributed by atoms with Crippen molar-refractivity contribution in [3.05, 3.63) is 28.7 Å². The molecule has 0 aliphatic carbocycles. The Morgan fingerprint density at radius 2 is 2.46 bits per heavy atom. The highest BCUT2D eigenvalue weighted by atomic mass is 16.1. The van der Waals surface area contributed by atoms with Gasteiger partial charge in [-0.25, -0.2) is 9.50 Å². The fourth-order valence-electron chi connectivity index (χ4n) is 1.28. The van der Waals surface area contributed by atoms with E-state index in [1.165, 1.54) is 6.33 Å². The topological polar surface area (TPSA) is 63.0 Å². The van der Waals surface area contributed by atoms with Gasteiger partial charge in [0.05, 0.1) is 6.20 Å². The van der Waals surface area contributed by atoms with Crippen molar-refractivity contribution < 1.29 is 0 Å². The Morgan fingerprint density at radius 1 is 1.62 bits per heavy atom. The number of nitrogens with zero attached hydrogens (tertiary/aromatic N) is 3. The van der Waals surface area contributed by atoms with Gasteiger partial charge < -0.3 is 4.98 Å². The largest absolute Gasteiger partial charge is 0.310 e. The van der Waals surface area contributed by atoms with E-state index in [1.807, 2.05) is 0 Å². The Labute approximate surface area is 74.4 Å². The van der Waals surface area contributed by atoms with Gasteiger partial charge in [0.15, 0.2) is 5.52 Å². The van der Waals surface area contributed by atoms with Crippen molar-refractivity contribution in [2.24, 2.45) is 0 Å². The molecule has 0 unspecified atom stereocenters. The van der Waals surface area contributed by atoms with E-state index in [-0.39, 0.29) is 5.56 Å². The second kappa shape index (κ2) is 3.01. The van der Waals surface area contributed by atoms with E-state index in [0.29, 0.717) is 5.52 Å². The third-order valence-corrected chi connectivity index (χ3v) is 1.88. The van der Waals surface area contributed by atoms with Crippen LogP contribution in [0.25, 0.3) is 5.52 Å². The fraction of sp³-hybridized carbons (Fsp3) is 0.375. The molecule has 0 aliphatic rings. The van der Waals surface area contributed by atoms with Crippen molar-refractivity contribution >= 4 is 5.52 Å². The van der Waals surface area contributed by atoms with Crippen molar-refractivity contribution in [2.45, 2.75) is 19.8 Å². The number of rotatable bonds is 2. The highest BCUT2D eigenvalue weighted by Crippen LogP contribution is 2.01. The van der Waals surface area contributed by atoms with E-state index in [1.54, 1.807) is 10.7 Å². The number of aromatic nitrogens is 4. The third-order valence-electron chi connectivity index (χ3n) is 1.88. The number of imidazole rings is 1. The zero-order valence-electron chi connectivity index (χ0n) is 7.32.